The number of nitrogens with one attached hydrogen (secondary N) is 1. The first kappa shape index (κ1) is 15.8. The summed E-state index contributed by atoms with van der Waals surface area (Å²) in [6.07, 6.45) is 6.50. The van der Waals surface area contributed by atoms with Crippen molar-refractivity contribution in [2.75, 3.05) is 0 Å². The molecule has 1 heterocycles. The Balaban J connectivity index is 2.09. The number of rotatable bonds is 4. The van der Waals surface area contributed by atoms with E-state index in [0.29, 0.717) is 23.8 Å². The van der Waals surface area contributed by atoms with E-state index in [1.165, 1.54) is 32.1 Å². The summed E-state index contributed by atoms with van der Waals surface area (Å²) < 4.78 is 0. The lowest BCUT2D eigenvalue weighted by molar-refractivity contribution is -0.134. The van der Waals surface area contributed by atoms with Crippen molar-refractivity contribution in [2.45, 2.75) is 85.0 Å². The van der Waals surface area contributed by atoms with Crippen LogP contribution in [0.4, 0.5) is 0 Å². The van der Waals surface area contributed by atoms with Crippen LogP contribution in [0.25, 0.3) is 0 Å². The van der Waals surface area contributed by atoms with Crippen molar-refractivity contribution in [1.82, 2.24) is 10.2 Å². The fraction of sp³-hybridized carbons (Fsp3) is 0.941. The molecular weight excluding hydrogens is 248 g/mol. The van der Waals surface area contributed by atoms with Crippen LogP contribution in [0.5, 0.6) is 0 Å². The predicted molar refractivity (Wildman–Crippen MR) is 83.3 cm³/mol. The highest BCUT2D eigenvalue weighted by molar-refractivity contribution is 5.85. The molecule has 0 radical (unpaired) electrons. The van der Waals surface area contributed by atoms with E-state index in [1.807, 2.05) is 0 Å². The molecule has 0 bridgehead atoms. The molecule has 0 aromatic carbocycles. The zero-order chi connectivity index (χ0) is 14.9. The summed E-state index contributed by atoms with van der Waals surface area (Å²) >= 11 is 0. The number of hydrogen-bond donors (Lipinski definition) is 1. The molecule has 3 nitrogen and oxygen atoms in total. The smallest absolute Gasteiger partial charge is 0.241 e. The highest BCUT2D eigenvalue weighted by Crippen LogP contribution is 2.34. The summed E-state index contributed by atoms with van der Waals surface area (Å²) in [5, 5.41) is 3.59. The molecule has 116 valence electrons. The minimum absolute atomic E-state index is 0.0197. The lowest BCUT2D eigenvalue weighted by Gasteiger charge is -2.38. The maximum Gasteiger partial charge on any atom is 0.241 e. The molecule has 2 rings (SSSR count). The zero-order valence-corrected chi connectivity index (χ0v) is 13.9. The second-order valence-corrected chi connectivity index (χ2v) is 7.41. The van der Waals surface area contributed by atoms with Gasteiger partial charge in [0.2, 0.25) is 5.91 Å². The van der Waals surface area contributed by atoms with Gasteiger partial charge in [-0.15, -0.1) is 0 Å². The fourth-order valence-corrected chi connectivity index (χ4v) is 3.86. The molecule has 0 aromatic rings. The van der Waals surface area contributed by atoms with Gasteiger partial charge in [0.15, 0.2) is 0 Å². The van der Waals surface area contributed by atoms with E-state index in [0.717, 1.165) is 5.92 Å². The Labute approximate surface area is 124 Å². The molecule has 2 fully saturated rings. The molecule has 2 unspecified atom stereocenters. The number of hydrogen-bond acceptors (Lipinski definition) is 2. The van der Waals surface area contributed by atoms with Crippen LogP contribution in [-0.4, -0.2) is 29.1 Å². The van der Waals surface area contributed by atoms with Gasteiger partial charge in [0.1, 0.15) is 0 Å². The fourth-order valence-electron chi connectivity index (χ4n) is 3.86. The molecule has 1 amide bonds. The average Bonchev–Trinajstić information content (AvgIpc) is 2.77. The molecule has 1 aliphatic heterocycles. The van der Waals surface area contributed by atoms with Crippen LogP contribution < -0.4 is 5.32 Å². The zero-order valence-electron chi connectivity index (χ0n) is 13.9. The number of carbonyl (C=O) groups excluding carboxylic acids is 1. The summed E-state index contributed by atoms with van der Waals surface area (Å²) in [6.45, 7) is 11.0. The van der Waals surface area contributed by atoms with Gasteiger partial charge in [-0.05, 0) is 43.4 Å². The quantitative estimate of drug-likeness (QED) is 0.856. The van der Waals surface area contributed by atoms with Crippen LogP contribution in [-0.2, 0) is 4.79 Å². The van der Waals surface area contributed by atoms with Crippen molar-refractivity contribution < 1.29 is 4.79 Å². The minimum atomic E-state index is 0.0197. The molecule has 1 N–H and O–H groups in total. The van der Waals surface area contributed by atoms with Crippen LogP contribution in [0.15, 0.2) is 0 Å². The Bertz CT molecular complexity index is 332. The lowest BCUT2D eigenvalue weighted by Crippen LogP contribution is -2.48. The van der Waals surface area contributed by atoms with Gasteiger partial charge in [-0.2, -0.15) is 0 Å². The Hall–Kier alpha value is -0.570. The predicted octanol–water partition coefficient (Wildman–Crippen LogP) is 3.39. The minimum Gasteiger partial charge on any atom is -0.323 e. The highest BCUT2D eigenvalue weighted by Gasteiger charge is 2.45. The van der Waals surface area contributed by atoms with E-state index >= 15 is 0 Å². The van der Waals surface area contributed by atoms with Gasteiger partial charge in [-0.25, -0.2) is 0 Å². The lowest BCUT2D eigenvalue weighted by atomic mass is 9.83. The number of nitrogens with zero attached hydrogens (tertiary/aromatic N) is 1. The molecule has 2 aliphatic rings. The molecule has 20 heavy (non-hydrogen) atoms. The summed E-state index contributed by atoms with van der Waals surface area (Å²) in [6, 6.07) is 0.486. The van der Waals surface area contributed by atoms with Gasteiger partial charge in [0.05, 0.1) is 12.2 Å². The maximum absolute atomic E-state index is 12.8. The van der Waals surface area contributed by atoms with Gasteiger partial charge in [-0.1, -0.05) is 41.0 Å². The summed E-state index contributed by atoms with van der Waals surface area (Å²) in [5.41, 5.74) is 0. The molecule has 1 saturated heterocycles. The molecular formula is C17H32N2O. The van der Waals surface area contributed by atoms with Crippen LogP contribution in [0, 0.1) is 17.8 Å². The van der Waals surface area contributed by atoms with E-state index in [1.54, 1.807) is 0 Å². The Morgan fingerprint density at radius 1 is 1.10 bits per heavy atom. The summed E-state index contributed by atoms with van der Waals surface area (Å²) in [7, 11) is 0. The highest BCUT2D eigenvalue weighted by atomic mass is 16.2. The second-order valence-electron chi connectivity index (χ2n) is 7.41. The van der Waals surface area contributed by atoms with Gasteiger partial charge in [0.25, 0.3) is 0 Å². The van der Waals surface area contributed by atoms with E-state index in [2.05, 4.69) is 44.8 Å². The first-order chi connectivity index (χ1) is 9.45. The van der Waals surface area contributed by atoms with Crippen LogP contribution >= 0.6 is 0 Å². The van der Waals surface area contributed by atoms with Crippen molar-refractivity contribution in [3.63, 3.8) is 0 Å². The monoisotopic (exact) mass is 280 g/mol. The molecule has 2 atom stereocenters. The Kier molecular flexibility index (Phi) is 5.11. The van der Waals surface area contributed by atoms with Crippen LogP contribution in [0.1, 0.15) is 66.7 Å². The van der Waals surface area contributed by atoms with E-state index in [9.17, 15) is 4.79 Å². The van der Waals surface area contributed by atoms with Crippen molar-refractivity contribution in [1.29, 1.82) is 0 Å². The Morgan fingerprint density at radius 3 is 2.15 bits per heavy atom. The maximum atomic E-state index is 12.8. The van der Waals surface area contributed by atoms with Crippen molar-refractivity contribution in [2.24, 2.45) is 17.8 Å². The third-order valence-corrected chi connectivity index (χ3v) is 5.26. The van der Waals surface area contributed by atoms with Crippen molar-refractivity contribution in [3.05, 3.63) is 0 Å². The van der Waals surface area contributed by atoms with Gasteiger partial charge >= 0.3 is 0 Å². The SMILES string of the molecule is CCC1CCC(N2C(=O)C(C(C)C)NC2C(C)C)CC1. The van der Waals surface area contributed by atoms with Gasteiger partial charge in [-0.3, -0.25) is 10.1 Å². The topological polar surface area (TPSA) is 32.3 Å². The Morgan fingerprint density at radius 2 is 1.70 bits per heavy atom. The standard InChI is InChI=1S/C17H32N2O/c1-6-13-7-9-14(10-8-13)19-16(12(4)5)18-15(11(2)3)17(19)20/h11-16,18H,6-10H2,1-5H3. The van der Waals surface area contributed by atoms with Crippen LogP contribution in [0.3, 0.4) is 0 Å². The average molecular weight is 280 g/mol. The van der Waals surface area contributed by atoms with Crippen LogP contribution in [0.2, 0.25) is 0 Å². The molecule has 3 heteroatoms. The van der Waals surface area contributed by atoms with E-state index < -0.39 is 0 Å². The van der Waals surface area contributed by atoms with Crippen molar-refractivity contribution >= 4 is 5.91 Å². The van der Waals surface area contributed by atoms with Crippen molar-refractivity contribution in [3.8, 4) is 0 Å². The third-order valence-electron chi connectivity index (χ3n) is 5.26. The largest absolute Gasteiger partial charge is 0.323 e. The van der Waals surface area contributed by atoms with E-state index in [-0.39, 0.29) is 12.2 Å². The molecule has 1 saturated carbocycles. The second kappa shape index (κ2) is 6.46. The van der Waals surface area contributed by atoms with Gasteiger partial charge < -0.3 is 4.90 Å². The number of carbonyl (C=O) groups is 1. The molecule has 0 spiro atoms. The number of amides is 1. The summed E-state index contributed by atoms with van der Waals surface area (Å²) in [5.74, 6) is 2.08. The molecule has 0 aromatic heterocycles. The normalized spacial score (nSPS) is 35.4. The summed E-state index contributed by atoms with van der Waals surface area (Å²) in [4.78, 5) is 15.0. The van der Waals surface area contributed by atoms with E-state index in [4.69, 9.17) is 0 Å². The first-order valence-corrected chi connectivity index (χ1v) is 8.53. The first-order valence-electron chi connectivity index (χ1n) is 8.53. The third kappa shape index (κ3) is 3.03. The van der Waals surface area contributed by atoms with Gasteiger partial charge in [0, 0.05) is 6.04 Å². The molecule has 1 aliphatic carbocycles.